The number of fused-ring (bicyclic) bond motifs is 1. The Hall–Kier alpha value is -2.85. The van der Waals surface area contributed by atoms with Gasteiger partial charge in [-0.2, -0.15) is 0 Å². The minimum absolute atomic E-state index is 0.0340. The molecule has 0 unspecified atom stereocenters. The van der Waals surface area contributed by atoms with Crippen LogP contribution in [0.25, 0.3) is 0 Å². The summed E-state index contributed by atoms with van der Waals surface area (Å²) >= 11 is 3.37. The second kappa shape index (κ2) is 10.9. The Morgan fingerprint density at radius 3 is 2.41 bits per heavy atom. The van der Waals surface area contributed by atoms with Crippen LogP contribution in [0, 0.1) is 0 Å². The predicted octanol–water partition coefficient (Wildman–Crippen LogP) is 4.06. The molecule has 1 saturated heterocycles. The van der Waals surface area contributed by atoms with Crippen molar-refractivity contribution in [3.63, 3.8) is 0 Å². The van der Waals surface area contributed by atoms with Crippen molar-refractivity contribution in [3.8, 4) is 5.75 Å². The molecule has 1 fully saturated rings. The molecule has 0 atom stereocenters. The summed E-state index contributed by atoms with van der Waals surface area (Å²) in [5.41, 5.74) is -0.346. The lowest BCUT2D eigenvalue weighted by Crippen LogP contribution is -2.64. The molecule has 0 saturated carbocycles. The molecule has 0 aliphatic carbocycles. The van der Waals surface area contributed by atoms with Crippen molar-refractivity contribution in [1.29, 1.82) is 0 Å². The second-order valence-electron chi connectivity index (χ2n) is 10.5. The first kappa shape index (κ1) is 27.2. The fourth-order valence-corrected chi connectivity index (χ4v) is 5.37. The Bertz CT molecular complexity index is 1200. The number of aromatic nitrogens is 1. The number of pyridine rings is 1. The molecule has 2 aliphatic rings. The lowest BCUT2D eigenvalue weighted by Gasteiger charge is -2.51. The monoisotopic (exact) mass is 575 g/mol. The number of benzene rings is 1. The summed E-state index contributed by atoms with van der Waals surface area (Å²) in [6.07, 6.45) is 2.47. The van der Waals surface area contributed by atoms with E-state index in [2.05, 4.69) is 15.9 Å². The van der Waals surface area contributed by atoms with Gasteiger partial charge in [-0.25, -0.2) is 4.79 Å². The number of hydrogen-bond donors (Lipinski definition) is 0. The molecule has 4 rings (SSSR count). The summed E-state index contributed by atoms with van der Waals surface area (Å²) in [6.45, 7) is 7.80. The van der Waals surface area contributed by atoms with Crippen LogP contribution >= 0.6 is 15.9 Å². The normalized spacial score (nSPS) is 17.1. The Balaban J connectivity index is 1.65. The maximum Gasteiger partial charge on any atom is 0.410 e. The Kier molecular flexibility index (Phi) is 7.99. The third-order valence-corrected chi connectivity index (χ3v) is 7.34. The van der Waals surface area contributed by atoms with Crippen LogP contribution in [-0.2, 0) is 22.6 Å². The first-order chi connectivity index (χ1) is 17.5. The van der Waals surface area contributed by atoms with Crippen molar-refractivity contribution in [3.05, 3.63) is 62.5 Å². The summed E-state index contributed by atoms with van der Waals surface area (Å²) in [4.78, 5) is 43.3. The molecule has 0 N–H and O–H groups in total. The highest BCUT2D eigenvalue weighted by Gasteiger charge is 2.48. The fraction of sp³-hybridized carbons (Fsp3) is 0.519. The molecular weight excluding hydrogens is 542 g/mol. The number of carbonyl (C=O) groups excluding carboxylic acids is 2. The molecule has 1 aromatic carbocycles. The van der Waals surface area contributed by atoms with E-state index in [-0.39, 0.29) is 35.5 Å². The molecule has 2 aromatic rings. The molecule has 10 heteroatoms. The van der Waals surface area contributed by atoms with E-state index in [0.717, 1.165) is 5.56 Å². The first-order valence-electron chi connectivity index (χ1n) is 12.4. The number of methoxy groups -OCH3 is 1. The van der Waals surface area contributed by atoms with Gasteiger partial charge in [0.1, 0.15) is 12.2 Å². The standard InChI is InChI=1S/C27H34BrN3O6/c1-26(2,3)37-25(34)29-12-10-27(11-13-29)18-30-16-20(28)22(32)23(36-17-19-8-6-5-7-9-19)21(30)24(33)31(27)14-15-35-4/h5-9,16H,10-15,17-18H2,1-4H3. The van der Waals surface area contributed by atoms with E-state index < -0.39 is 11.1 Å². The van der Waals surface area contributed by atoms with Gasteiger partial charge in [-0.3, -0.25) is 9.59 Å². The van der Waals surface area contributed by atoms with Crippen LogP contribution in [0.1, 0.15) is 49.7 Å². The zero-order chi connectivity index (χ0) is 26.8. The van der Waals surface area contributed by atoms with Gasteiger partial charge in [0.15, 0.2) is 11.4 Å². The number of carbonyl (C=O) groups is 2. The quantitative estimate of drug-likeness (QED) is 0.516. The van der Waals surface area contributed by atoms with Gasteiger partial charge in [-0.15, -0.1) is 0 Å². The number of ether oxygens (including phenoxy) is 3. The molecule has 1 aromatic heterocycles. The topological polar surface area (TPSA) is 90.3 Å². The Morgan fingerprint density at radius 2 is 1.78 bits per heavy atom. The third-order valence-electron chi connectivity index (χ3n) is 6.77. The molecule has 0 radical (unpaired) electrons. The van der Waals surface area contributed by atoms with Crippen LogP contribution < -0.4 is 10.2 Å². The average Bonchev–Trinajstić information content (AvgIpc) is 2.84. The highest BCUT2D eigenvalue weighted by molar-refractivity contribution is 9.10. The van der Waals surface area contributed by atoms with Gasteiger partial charge in [0, 0.05) is 39.5 Å². The summed E-state index contributed by atoms with van der Waals surface area (Å²) in [6, 6.07) is 9.51. The Labute approximate surface area is 225 Å². The SMILES string of the molecule is COCCN1C(=O)c2c(OCc3ccccc3)c(=O)c(Br)cn2CC12CCN(C(=O)OC(C)(C)C)CC2. The maximum atomic E-state index is 14.0. The van der Waals surface area contributed by atoms with Crippen LogP contribution in [0.5, 0.6) is 5.75 Å². The van der Waals surface area contributed by atoms with Crippen molar-refractivity contribution in [2.75, 3.05) is 33.4 Å². The van der Waals surface area contributed by atoms with Crippen LogP contribution in [0.15, 0.2) is 45.8 Å². The second-order valence-corrected chi connectivity index (χ2v) is 11.4. The van der Waals surface area contributed by atoms with Crippen LogP contribution in [-0.4, -0.2) is 70.9 Å². The summed E-state index contributed by atoms with van der Waals surface area (Å²) < 4.78 is 19.0. The van der Waals surface area contributed by atoms with E-state index >= 15 is 0 Å². The predicted molar refractivity (Wildman–Crippen MR) is 142 cm³/mol. The van der Waals surface area contributed by atoms with Gasteiger partial charge in [-0.05, 0) is 55.1 Å². The van der Waals surface area contributed by atoms with Gasteiger partial charge in [-0.1, -0.05) is 30.3 Å². The van der Waals surface area contributed by atoms with Gasteiger partial charge in [0.2, 0.25) is 5.43 Å². The average molecular weight is 576 g/mol. The third kappa shape index (κ3) is 5.85. The number of halogens is 1. The fourth-order valence-electron chi connectivity index (χ4n) is 4.94. The lowest BCUT2D eigenvalue weighted by atomic mass is 9.83. The first-order valence-corrected chi connectivity index (χ1v) is 13.2. The van der Waals surface area contributed by atoms with Crippen molar-refractivity contribution in [1.82, 2.24) is 14.4 Å². The molecule has 3 heterocycles. The smallest absolute Gasteiger partial charge is 0.410 e. The van der Waals surface area contributed by atoms with Crippen LogP contribution in [0.3, 0.4) is 0 Å². The number of hydrogen-bond acceptors (Lipinski definition) is 6. The number of amides is 2. The zero-order valence-electron chi connectivity index (χ0n) is 21.8. The highest BCUT2D eigenvalue weighted by atomic mass is 79.9. The number of rotatable bonds is 6. The summed E-state index contributed by atoms with van der Waals surface area (Å²) in [5, 5.41) is 0. The van der Waals surface area contributed by atoms with E-state index in [4.69, 9.17) is 14.2 Å². The molecular formula is C27H34BrN3O6. The molecule has 1 spiro atoms. The van der Waals surface area contributed by atoms with Crippen LogP contribution in [0.2, 0.25) is 0 Å². The number of nitrogens with zero attached hydrogens (tertiary/aromatic N) is 3. The summed E-state index contributed by atoms with van der Waals surface area (Å²) in [7, 11) is 1.59. The molecule has 200 valence electrons. The van der Waals surface area contributed by atoms with E-state index in [1.807, 2.05) is 55.7 Å². The van der Waals surface area contributed by atoms with E-state index in [9.17, 15) is 14.4 Å². The molecule has 0 bridgehead atoms. The molecule has 37 heavy (non-hydrogen) atoms. The van der Waals surface area contributed by atoms with Gasteiger partial charge < -0.3 is 28.6 Å². The molecule has 2 amide bonds. The van der Waals surface area contributed by atoms with Gasteiger partial charge >= 0.3 is 6.09 Å². The summed E-state index contributed by atoms with van der Waals surface area (Å²) in [5.74, 6) is -0.242. The lowest BCUT2D eigenvalue weighted by molar-refractivity contribution is -0.0203. The van der Waals surface area contributed by atoms with Crippen LogP contribution in [0.4, 0.5) is 4.79 Å². The van der Waals surface area contributed by atoms with E-state index in [1.54, 1.807) is 23.1 Å². The van der Waals surface area contributed by atoms with Crippen molar-refractivity contribution in [2.24, 2.45) is 0 Å². The highest BCUT2D eigenvalue weighted by Crippen LogP contribution is 2.38. The molecule has 2 aliphatic heterocycles. The van der Waals surface area contributed by atoms with Gasteiger partial charge in [0.25, 0.3) is 5.91 Å². The van der Waals surface area contributed by atoms with Crippen molar-refractivity contribution >= 4 is 27.9 Å². The minimum atomic E-state index is -0.579. The van der Waals surface area contributed by atoms with E-state index in [1.165, 1.54) is 0 Å². The zero-order valence-corrected chi connectivity index (χ0v) is 23.4. The minimum Gasteiger partial charge on any atom is -0.483 e. The van der Waals surface area contributed by atoms with Crippen molar-refractivity contribution < 1.29 is 23.8 Å². The van der Waals surface area contributed by atoms with Crippen molar-refractivity contribution in [2.45, 2.75) is 57.9 Å². The maximum absolute atomic E-state index is 14.0. The largest absolute Gasteiger partial charge is 0.483 e. The van der Waals surface area contributed by atoms with E-state index in [0.29, 0.717) is 50.1 Å². The molecule has 9 nitrogen and oxygen atoms in total. The van der Waals surface area contributed by atoms with Gasteiger partial charge in [0.05, 0.1) is 16.6 Å². The Morgan fingerprint density at radius 1 is 1.11 bits per heavy atom. The number of likely N-dealkylation sites (tertiary alicyclic amines) is 1. The number of piperidine rings is 1.